The van der Waals surface area contributed by atoms with Gasteiger partial charge in [0, 0.05) is 11.3 Å². The number of nitriles is 1. The van der Waals surface area contributed by atoms with Crippen LogP contribution in [-0.4, -0.2) is 12.1 Å². The third kappa shape index (κ3) is 2.49. The van der Waals surface area contributed by atoms with Crippen LogP contribution in [0.3, 0.4) is 0 Å². The number of hydrogen-bond donors (Lipinski definition) is 1. The van der Waals surface area contributed by atoms with Crippen molar-refractivity contribution in [1.29, 1.82) is 5.26 Å². The molecule has 3 nitrogen and oxygen atoms in total. The zero-order valence-electron chi connectivity index (χ0n) is 10.5. The molecule has 2 rings (SSSR count). The van der Waals surface area contributed by atoms with Crippen molar-refractivity contribution >= 4 is 12.2 Å². The Labute approximate surface area is 115 Å². The summed E-state index contributed by atoms with van der Waals surface area (Å²) in [5.74, 6) is -0.253. The normalized spacial score (nSPS) is 10.0. The molecule has 0 atom stereocenters. The van der Waals surface area contributed by atoms with Crippen LogP contribution in [0.25, 0.3) is 11.3 Å². The first-order chi connectivity index (χ1) is 9.06. The summed E-state index contributed by atoms with van der Waals surface area (Å²) in [5.41, 5.74) is 2.59. The van der Waals surface area contributed by atoms with Crippen molar-refractivity contribution in [2.45, 2.75) is 6.92 Å². The molecule has 96 valence electrons. The van der Waals surface area contributed by atoms with Crippen LogP contribution in [0.5, 0.6) is 5.75 Å². The molecule has 0 saturated carbocycles. The van der Waals surface area contributed by atoms with Crippen molar-refractivity contribution in [2.24, 2.45) is 0 Å². The molecule has 5 heteroatoms. The molecular formula is C14H11FN2OS. The molecule has 0 aliphatic rings. The van der Waals surface area contributed by atoms with E-state index in [9.17, 15) is 4.39 Å². The highest BCUT2D eigenvalue weighted by Gasteiger charge is 2.09. The van der Waals surface area contributed by atoms with E-state index in [-0.39, 0.29) is 5.75 Å². The number of aromatic nitrogens is 1. The fraction of sp³-hybridized carbons (Fsp3) is 0.143. The van der Waals surface area contributed by atoms with Gasteiger partial charge >= 0.3 is 0 Å². The molecule has 1 aromatic carbocycles. The van der Waals surface area contributed by atoms with Gasteiger partial charge in [-0.05, 0) is 36.8 Å². The molecule has 0 bridgehead atoms. The Bertz CT molecular complexity index is 731. The fourth-order valence-corrected chi connectivity index (χ4v) is 2.05. The van der Waals surface area contributed by atoms with Crippen LogP contribution in [0.1, 0.15) is 11.1 Å². The number of nitrogens with zero attached hydrogens (tertiary/aromatic N) is 1. The molecular weight excluding hydrogens is 263 g/mol. The van der Waals surface area contributed by atoms with Gasteiger partial charge in [-0.15, -0.1) is 0 Å². The number of aryl methyl sites for hydroxylation is 1. The number of nitrogens with one attached hydrogen (secondary N) is 1. The van der Waals surface area contributed by atoms with Crippen molar-refractivity contribution in [3.05, 3.63) is 45.9 Å². The number of ether oxygens (including phenoxy) is 1. The van der Waals surface area contributed by atoms with Gasteiger partial charge in [-0.3, -0.25) is 0 Å². The van der Waals surface area contributed by atoms with E-state index in [1.807, 2.05) is 13.0 Å². The second-order valence-corrected chi connectivity index (χ2v) is 4.44. The Hall–Kier alpha value is -2.19. The molecule has 0 aliphatic carbocycles. The van der Waals surface area contributed by atoms with E-state index >= 15 is 0 Å². The predicted octanol–water partition coefficient (Wildman–Crippen LogP) is 3.74. The highest BCUT2D eigenvalue weighted by atomic mass is 32.1. The van der Waals surface area contributed by atoms with Crippen molar-refractivity contribution in [2.75, 3.05) is 7.11 Å². The zero-order chi connectivity index (χ0) is 14.0. The number of H-pyrrole nitrogens is 1. The molecule has 0 saturated heterocycles. The van der Waals surface area contributed by atoms with Gasteiger partial charge in [-0.2, -0.15) is 5.26 Å². The number of rotatable bonds is 2. The summed E-state index contributed by atoms with van der Waals surface area (Å²) in [6.45, 7) is 1.84. The third-order valence-electron chi connectivity index (χ3n) is 2.80. The highest BCUT2D eigenvalue weighted by molar-refractivity contribution is 7.71. The van der Waals surface area contributed by atoms with Crippen LogP contribution in [0, 0.1) is 28.7 Å². The number of halogens is 1. The average Bonchev–Trinajstić information content (AvgIpc) is 2.40. The summed E-state index contributed by atoms with van der Waals surface area (Å²) in [7, 11) is 1.42. The second-order valence-electron chi connectivity index (χ2n) is 4.03. The number of hydrogen-bond acceptors (Lipinski definition) is 3. The van der Waals surface area contributed by atoms with Gasteiger partial charge < -0.3 is 9.72 Å². The molecule has 2 aromatic rings. The first-order valence-electron chi connectivity index (χ1n) is 5.54. The minimum atomic E-state index is -0.442. The molecule has 1 aromatic heterocycles. The summed E-state index contributed by atoms with van der Waals surface area (Å²) in [6.07, 6.45) is 0. The molecule has 1 N–H and O–H groups in total. The Balaban J connectivity index is 2.60. The number of aromatic amines is 1. The molecule has 19 heavy (non-hydrogen) atoms. The number of benzene rings is 1. The van der Waals surface area contributed by atoms with Gasteiger partial charge in [0.05, 0.1) is 12.7 Å². The van der Waals surface area contributed by atoms with Crippen molar-refractivity contribution in [3.8, 4) is 23.1 Å². The summed E-state index contributed by atoms with van der Waals surface area (Å²) < 4.78 is 18.9. The van der Waals surface area contributed by atoms with Crippen LogP contribution in [-0.2, 0) is 0 Å². The van der Waals surface area contributed by atoms with Crippen LogP contribution in [0.2, 0.25) is 0 Å². The first kappa shape index (κ1) is 13.2. The van der Waals surface area contributed by atoms with E-state index in [1.165, 1.54) is 13.2 Å². The smallest absolute Gasteiger partial charge is 0.165 e. The van der Waals surface area contributed by atoms with Gasteiger partial charge in [0.25, 0.3) is 0 Å². The lowest BCUT2D eigenvalue weighted by molar-refractivity contribution is 0.386. The molecule has 1 heterocycles. The van der Waals surface area contributed by atoms with Gasteiger partial charge in [0.1, 0.15) is 10.7 Å². The highest BCUT2D eigenvalue weighted by Crippen LogP contribution is 2.26. The minimum absolute atomic E-state index is 0.189. The first-order valence-corrected chi connectivity index (χ1v) is 5.95. The maximum atomic E-state index is 13.7. The lowest BCUT2D eigenvalue weighted by Crippen LogP contribution is -1.94. The van der Waals surface area contributed by atoms with E-state index in [2.05, 4.69) is 4.98 Å². The Morgan fingerprint density at radius 3 is 2.68 bits per heavy atom. The third-order valence-corrected chi connectivity index (χ3v) is 3.12. The molecule has 0 aliphatic heterocycles. The maximum absolute atomic E-state index is 13.7. The molecule has 0 spiro atoms. The van der Waals surface area contributed by atoms with Crippen molar-refractivity contribution in [1.82, 2.24) is 4.98 Å². The molecule has 0 radical (unpaired) electrons. The summed E-state index contributed by atoms with van der Waals surface area (Å²) >= 11 is 5.08. The lowest BCUT2D eigenvalue weighted by Gasteiger charge is -2.09. The Morgan fingerprint density at radius 1 is 1.37 bits per heavy atom. The van der Waals surface area contributed by atoms with Gasteiger partial charge in [-0.25, -0.2) is 4.39 Å². The summed E-state index contributed by atoms with van der Waals surface area (Å²) in [5, 5.41) is 8.90. The monoisotopic (exact) mass is 274 g/mol. The van der Waals surface area contributed by atoms with Crippen LogP contribution >= 0.6 is 12.2 Å². The fourth-order valence-electron chi connectivity index (χ4n) is 1.84. The van der Waals surface area contributed by atoms with E-state index in [0.29, 0.717) is 21.5 Å². The maximum Gasteiger partial charge on any atom is 0.165 e. The van der Waals surface area contributed by atoms with E-state index in [1.54, 1.807) is 18.2 Å². The summed E-state index contributed by atoms with van der Waals surface area (Å²) in [4.78, 5) is 2.96. The van der Waals surface area contributed by atoms with Crippen LogP contribution in [0.4, 0.5) is 4.39 Å². The van der Waals surface area contributed by atoms with Crippen molar-refractivity contribution in [3.63, 3.8) is 0 Å². The van der Waals surface area contributed by atoms with E-state index in [0.717, 1.165) is 5.56 Å². The van der Waals surface area contributed by atoms with Crippen LogP contribution in [0.15, 0.2) is 24.3 Å². The van der Waals surface area contributed by atoms with E-state index in [4.69, 9.17) is 22.2 Å². The Kier molecular flexibility index (Phi) is 3.63. The molecule has 0 amide bonds. The number of pyridine rings is 1. The van der Waals surface area contributed by atoms with Crippen molar-refractivity contribution < 1.29 is 9.13 Å². The SMILES string of the molecule is COc1ccc(-c2[nH]c(=S)c(C#N)cc2C)cc1F. The topological polar surface area (TPSA) is 48.8 Å². The largest absolute Gasteiger partial charge is 0.494 e. The molecule has 0 fully saturated rings. The lowest BCUT2D eigenvalue weighted by atomic mass is 10.1. The second kappa shape index (κ2) is 5.21. The molecule has 0 unspecified atom stereocenters. The number of methoxy groups -OCH3 is 1. The Morgan fingerprint density at radius 2 is 2.11 bits per heavy atom. The van der Waals surface area contributed by atoms with Gasteiger partial charge in [-0.1, -0.05) is 12.2 Å². The standard InChI is InChI=1S/C14H11FN2OS/c1-8-5-10(7-16)14(19)17-13(8)9-3-4-12(18-2)11(15)6-9/h3-6H,1-2H3,(H,17,19). The van der Waals surface area contributed by atoms with Crippen LogP contribution < -0.4 is 4.74 Å². The average molecular weight is 274 g/mol. The van der Waals surface area contributed by atoms with E-state index < -0.39 is 5.82 Å². The minimum Gasteiger partial charge on any atom is -0.494 e. The van der Waals surface area contributed by atoms with Gasteiger partial charge in [0.15, 0.2) is 11.6 Å². The van der Waals surface area contributed by atoms with Gasteiger partial charge in [0.2, 0.25) is 0 Å². The zero-order valence-corrected chi connectivity index (χ0v) is 11.3. The quantitative estimate of drug-likeness (QED) is 0.849. The summed E-state index contributed by atoms with van der Waals surface area (Å²) in [6, 6.07) is 8.37. The predicted molar refractivity (Wildman–Crippen MR) is 73.0 cm³/mol.